The number of alkyl halides is 1. The fourth-order valence-electron chi connectivity index (χ4n) is 2.57. The average molecular weight is 304 g/mol. The highest BCUT2D eigenvalue weighted by Crippen LogP contribution is 2.27. The van der Waals surface area contributed by atoms with Crippen molar-refractivity contribution in [1.29, 1.82) is 0 Å². The van der Waals surface area contributed by atoms with E-state index >= 15 is 0 Å². The zero-order chi connectivity index (χ0) is 15.2. The number of rotatable bonds is 5. The molecule has 1 fully saturated rings. The van der Waals surface area contributed by atoms with Gasteiger partial charge in [0.2, 0.25) is 0 Å². The summed E-state index contributed by atoms with van der Waals surface area (Å²) in [6.07, 6.45) is 6.06. The van der Waals surface area contributed by atoms with Crippen LogP contribution in [0.1, 0.15) is 59.3 Å². The van der Waals surface area contributed by atoms with Gasteiger partial charge in [0.15, 0.2) is 5.78 Å². The Labute approximate surface area is 126 Å². The van der Waals surface area contributed by atoms with Gasteiger partial charge < -0.3 is 10.1 Å². The molecule has 0 bridgehead atoms. The number of amides is 1. The van der Waals surface area contributed by atoms with Crippen molar-refractivity contribution in [2.75, 3.05) is 5.88 Å². The maximum Gasteiger partial charge on any atom is 0.408 e. The largest absolute Gasteiger partial charge is 0.444 e. The van der Waals surface area contributed by atoms with Crippen LogP contribution in [-0.4, -0.2) is 29.4 Å². The van der Waals surface area contributed by atoms with Crippen molar-refractivity contribution < 1.29 is 14.3 Å². The number of Topliss-reactive ketones (excluding diaryl/α,β-unsaturated/α-hetero) is 1. The third-order valence-electron chi connectivity index (χ3n) is 3.51. The first kappa shape index (κ1) is 17.3. The van der Waals surface area contributed by atoms with E-state index in [1.165, 1.54) is 19.3 Å². The van der Waals surface area contributed by atoms with Gasteiger partial charge in [0.1, 0.15) is 5.60 Å². The van der Waals surface area contributed by atoms with E-state index in [2.05, 4.69) is 5.32 Å². The molecule has 4 nitrogen and oxygen atoms in total. The molecule has 20 heavy (non-hydrogen) atoms. The maximum atomic E-state index is 11.9. The SMILES string of the molecule is CC(C)(C)OC(=O)NC(CC1CCCCC1)C(=O)CCl. The third-order valence-corrected chi connectivity index (χ3v) is 3.77. The van der Waals surface area contributed by atoms with E-state index in [1.54, 1.807) is 20.8 Å². The predicted molar refractivity (Wildman–Crippen MR) is 80.1 cm³/mol. The van der Waals surface area contributed by atoms with E-state index in [1.807, 2.05) is 0 Å². The lowest BCUT2D eigenvalue weighted by Crippen LogP contribution is -2.45. The van der Waals surface area contributed by atoms with Gasteiger partial charge in [-0.25, -0.2) is 4.79 Å². The minimum atomic E-state index is -0.566. The van der Waals surface area contributed by atoms with Crippen molar-refractivity contribution in [2.24, 2.45) is 5.92 Å². The molecule has 0 saturated heterocycles. The lowest BCUT2D eigenvalue weighted by molar-refractivity contribution is -0.119. The van der Waals surface area contributed by atoms with Gasteiger partial charge in [-0.15, -0.1) is 11.6 Å². The van der Waals surface area contributed by atoms with Crippen molar-refractivity contribution in [3.05, 3.63) is 0 Å². The van der Waals surface area contributed by atoms with Crippen LogP contribution in [0, 0.1) is 5.92 Å². The Kier molecular flexibility index (Phi) is 6.80. The summed E-state index contributed by atoms with van der Waals surface area (Å²) >= 11 is 5.64. The monoisotopic (exact) mass is 303 g/mol. The molecular formula is C15H26ClNO3. The molecule has 5 heteroatoms. The summed E-state index contributed by atoms with van der Waals surface area (Å²) in [6.45, 7) is 5.39. The van der Waals surface area contributed by atoms with Crippen LogP contribution in [0.4, 0.5) is 4.79 Å². The Morgan fingerprint density at radius 3 is 2.35 bits per heavy atom. The van der Waals surface area contributed by atoms with Crippen LogP contribution in [0.25, 0.3) is 0 Å². The molecular weight excluding hydrogens is 278 g/mol. The van der Waals surface area contributed by atoms with Gasteiger partial charge in [0.05, 0.1) is 11.9 Å². The summed E-state index contributed by atoms with van der Waals surface area (Å²) in [4.78, 5) is 23.7. The summed E-state index contributed by atoms with van der Waals surface area (Å²) in [5, 5.41) is 2.68. The molecule has 0 aromatic heterocycles. The Bertz CT molecular complexity index is 333. The zero-order valence-electron chi connectivity index (χ0n) is 12.7. The molecule has 1 N–H and O–H groups in total. The van der Waals surface area contributed by atoms with Crippen LogP contribution in [0.15, 0.2) is 0 Å². The van der Waals surface area contributed by atoms with Crippen LogP contribution in [0.5, 0.6) is 0 Å². The molecule has 0 spiro atoms. The summed E-state index contributed by atoms with van der Waals surface area (Å²) in [5.41, 5.74) is -0.566. The van der Waals surface area contributed by atoms with Gasteiger partial charge >= 0.3 is 6.09 Å². The highest BCUT2D eigenvalue weighted by Gasteiger charge is 2.27. The van der Waals surface area contributed by atoms with Gasteiger partial charge in [0, 0.05) is 0 Å². The van der Waals surface area contributed by atoms with Crippen LogP contribution in [0.3, 0.4) is 0 Å². The molecule has 1 saturated carbocycles. The molecule has 0 aromatic rings. The number of ketones is 1. The van der Waals surface area contributed by atoms with Crippen molar-refractivity contribution in [3.63, 3.8) is 0 Å². The molecule has 1 atom stereocenters. The Morgan fingerprint density at radius 2 is 1.85 bits per heavy atom. The van der Waals surface area contributed by atoms with Gasteiger partial charge in [-0.05, 0) is 33.1 Å². The van der Waals surface area contributed by atoms with E-state index < -0.39 is 17.7 Å². The van der Waals surface area contributed by atoms with Crippen molar-refractivity contribution in [1.82, 2.24) is 5.32 Å². The molecule has 0 aliphatic heterocycles. The van der Waals surface area contributed by atoms with Gasteiger partial charge in [0.25, 0.3) is 0 Å². The predicted octanol–water partition coefficient (Wildman–Crippen LogP) is 3.66. The van der Waals surface area contributed by atoms with Gasteiger partial charge in [-0.1, -0.05) is 32.1 Å². The number of hydrogen-bond donors (Lipinski definition) is 1. The van der Waals surface area contributed by atoms with Crippen molar-refractivity contribution in [2.45, 2.75) is 70.9 Å². The van der Waals surface area contributed by atoms with Crippen LogP contribution in [-0.2, 0) is 9.53 Å². The van der Waals surface area contributed by atoms with E-state index in [-0.39, 0.29) is 11.7 Å². The highest BCUT2D eigenvalue weighted by molar-refractivity contribution is 6.28. The number of hydrogen-bond acceptors (Lipinski definition) is 3. The zero-order valence-corrected chi connectivity index (χ0v) is 13.5. The second kappa shape index (κ2) is 7.87. The Morgan fingerprint density at radius 1 is 1.25 bits per heavy atom. The fourth-order valence-corrected chi connectivity index (χ4v) is 2.76. The fraction of sp³-hybridized carbons (Fsp3) is 0.867. The maximum absolute atomic E-state index is 11.9. The van der Waals surface area contributed by atoms with E-state index in [0.717, 1.165) is 12.8 Å². The number of nitrogens with one attached hydrogen (secondary N) is 1. The summed E-state index contributed by atoms with van der Waals surface area (Å²) in [5.74, 6) is 0.284. The van der Waals surface area contributed by atoms with Gasteiger partial charge in [-0.3, -0.25) is 4.79 Å². The lowest BCUT2D eigenvalue weighted by atomic mass is 9.84. The number of ether oxygens (including phenoxy) is 1. The van der Waals surface area contributed by atoms with Gasteiger partial charge in [-0.2, -0.15) is 0 Å². The molecule has 1 amide bonds. The first-order valence-electron chi connectivity index (χ1n) is 7.40. The first-order valence-corrected chi connectivity index (χ1v) is 7.93. The highest BCUT2D eigenvalue weighted by atomic mass is 35.5. The standard InChI is InChI=1S/C15H26ClNO3/c1-15(2,3)20-14(19)17-12(13(18)10-16)9-11-7-5-4-6-8-11/h11-12H,4-10H2,1-3H3,(H,17,19). The Hall–Kier alpha value is -0.770. The Balaban J connectivity index is 2.55. The average Bonchev–Trinajstić information content (AvgIpc) is 2.36. The molecule has 0 aromatic carbocycles. The molecule has 0 heterocycles. The molecule has 1 aliphatic rings. The third kappa shape index (κ3) is 6.60. The number of alkyl carbamates (subject to hydrolysis) is 1. The first-order chi connectivity index (χ1) is 9.31. The number of halogens is 1. The second-order valence-corrected chi connectivity index (χ2v) is 6.81. The molecule has 116 valence electrons. The topological polar surface area (TPSA) is 55.4 Å². The second-order valence-electron chi connectivity index (χ2n) is 6.54. The molecule has 1 unspecified atom stereocenters. The van der Waals surface area contributed by atoms with E-state index in [9.17, 15) is 9.59 Å². The van der Waals surface area contributed by atoms with Crippen LogP contribution < -0.4 is 5.32 Å². The number of carbonyl (C=O) groups excluding carboxylic acids is 2. The van der Waals surface area contributed by atoms with Crippen molar-refractivity contribution in [3.8, 4) is 0 Å². The minimum absolute atomic E-state index is 0.0762. The summed E-state index contributed by atoms with van der Waals surface area (Å²) < 4.78 is 5.21. The molecule has 1 aliphatic carbocycles. The van der Waals surface area contributed by atoms with Crippen LogP contribution >= 0.6 is 11.6 Å². The molecule has 1 rings (SSSR count). The smallest absolute Gasteiger partial charge is 0.408 e. The normalized spacial score (nSPS) is 18.4. The van der Waals surface area contributed by atoms with E-state index in [4.69, 9.17) is 16.3 Å². The van der Waals surface area contributed by atoms with E-state index in [0.29, 0.717) is 12.3 Å². The number of carbonyl (C=O) groups is 2. The quantitative estimate of drug-likeness (QED) is 0.789. The molecule has 0 radical (unpaired) electrons. The summed E-state index contributed by atoms with van der Waals surface area (Å²) in [7, 11) is 0. The minimum Gasteiger partial charge on any atom is -0.444 e. The lowest BCUT2D eigenvalue weighted by Gasteiger charge is -2.27. The van der Waals surface area contributed by atoms with Crippen molar-refractivity contribution >= 4 is 23.5 Å². The van der Waals surface area contributed by atoms with Crippen LogP contribution in [0.2, 0.25) is 0 Å². The summed E-state index contributed by atoms with van der Waals surface area (Å²) in [6, 6.07) is -0.523.